The molecule has 0 atom stereocenters. The van der Waals surface area contributed by atoms with Crippen LogP contribution < -0.4 is 14.4 Å². The van der Waals surface area contributed by atoms with Crippen molar-refractivity contribution in [3.63, 3.8) is 0 Å². The fourth-order valence-electron chi connectivity index (χ4n) is 3.02. The van der Waals surface area contributed by atoms with Crippen LogP contribution in [0.25, 0.3) is 0 Å². The maximum Gasteiger partial charge on any atom is 0.131 e. The standard InChI is InChI=1S/C26H23NO2.C4H10.C3H8/c1-20-11-15-23(16-12-20)28-25-9-6-10-26(19-25)29-24-17-13-22(14-18-24)27(2)21-7-4-3-5-8-21;1-3-4-2;1-3-2/h3-19H,1-2H3;3-4H2,1-2H3;3H2,1-2H3. The SMILES string of the molecule is CCC.CCCC.Cc1ccc(Oc2cccc(Oc3ccc(N(C)c4ccccc4)cc3)c2)cc1. The number of nitrogens with zero attached hydrogens (tertiary/aromatic N) is 1. The summed E-state index contributed by atoms with van der Waals surface area (Å²) in [4.78, 5) is 2.14. The van der Waals surface area contributed by atoms with Gasteiger partial charge in [-0.05, 0) is 67.6 Å². The first-order chi connectivity index (χ1) is 17.5. The van der Waals surface area contributed by atoms with E-state index in [4.69, 9.17) is 9.47 Å². The van der Waals surface area contributed by atoms with E-state index < -0.39 is 0 Å². The molecular formula is C33H41NO2. The molecule has 0 amide bonds. The van der Waals surface area contributed by atoms with E-state index in [1.807, 2.05) is 78.9 Å². The number of unbranched alkanes of at least 4 members (excludes halogenated alkanes) is 1. The van der Waals surface area contributed by atoms with Gasteiger partial charge in [0.05, 0.1) is 0 Å². The van der Waals surface area contributed by atoms with Gasteiger partial charge in [0.1, 0.15) is 23.0 Å². The molecule has 190 valence electrons. The van der Waals surface area contributed by atoms with E-state index in [9.17, 15) is 0 Å². The van der Waals surface area contributed by atoms with E-state index in [2.05, 4.69) is 70.8 Å². The number of hydrogen-bond acceptors (Lipinski definition) is 3. The molecule has 4 aromatic carbocycles. The maximum atomic E-state index is 6.02. The van der Waals surface area contributed by atoms with Gasteiger partial charge in [-0.1, -0.05) is 88.9 Å². The zero-order chi connectivity index (χ0) is 26.2. The largest absolute Gasteiger partial charge is 0.457 e. The van der Waals surface area contributed by atoms with Gasteiger partial charge in [0.15, 0.2) is 0 Å². The van der Waals surface area contributed by atoms with E-state index in [1.165, 1.54) is 24.8 Å². The van der Waals surface area contributed by atoms with Gasteiger partial charge in [-0.2, -0.15) is 0 Å². The van der Waals surface area contributed by atoms with Crippen LogP contribution in [-0.4, -0.2) is 7.05 Å². The van der Waals surface area contributed by atoms with Crippen LogP contribution in [0.1, 0.15) is 52.5 Å². The Kier molecular flexibility index (Phi) is 12.7. The van der Waals surface area contributed by atoms with Crippen LogP contribution in [-0.2, 0) is 0 Å². The van der Waals surface area contributed by atoms with Gasteiger partial charge in [0.2, 0.25) is 0 Å². The smallest absolute Gasteiger partial charge is 0.131 e. The van der Waals surface area contributed by atoms with E-state index in [-0.39, 0.29) is 0 Å². The van der Waals surface area contributed by atoms with Gasteiger partial charge >= 0.3 is 0 Å². The van der Waals surface area contributed by atoms with Crippen LogP contribution in [0, 0.1) is 6.92 Å². The van der Waals surface area contributed by atoms with E-state index in [1.54, 1.807) is 0 Å². The molecule has 0 unspecified atom stereocenters. The van der Waals surface area contributed by atoms with Crippen molar-refractivity contribution in [3.8, 4) is 23.0 Å². The Labute approximate surface area is 218 Å². The van der Waals surface area contributed by atoms with E-state index in [0.29, 0.717) is 0 Å². The minimum atomic E-state index is 0.735. The van der Waals surface area contributed by atoms with Crippen LogP contribution >= 0.6 is 0 Å². The summed E-state index contributed by atoms with van der Waals surface area (Å²) in [5, 5.41) is 0. The van der Waals surface area contributed by atoms with E-state index >= 15 is 0 Å². The first-order valence-electron chi connectivity index (χ1n) is 12.9. The second kappa shape index (κ2) is 16.0. The molecule has 0 aliphatic rings. The van der Waals surface area contributed by atoms with Crippen molar-refractivity contribution in [2.75, 3.05) is 11.9 Å². The third-order valence-corrected chi connectivity index (χ3v) is 5.17. The lowest BCUT2D eigenvalue weighted by Gasteiger charge is -2.19. The van der Waals surface area contributed by atoms with Crippen LogP contribution in [0.3, 0.4) is 0 Å². The van der Waals surface area contributed by atoms with E-state index in [0.717, 1.165) is 34.4 Å². The maximum absolute atomic E-state index is 6.02. The highest BCUT2D eigenvalue weighted by Gasteiger charge is 2.05. The molecule has 0 aliphatic carbocycles. The predicted molar refractivity (Wildman–Crippen MR) is 155 cm³/mol. The predicted octanol–water partition coefficient (Wildman–Crippen LogP) is 10.6. The third-order valence-electron chi connectivity index (χ3n) is 5.17. The Morgan fingerprint density at radius 1 is 0.528 bits per heavy atom. The van der Waals surface area contributed by atoms with Crippen molar-refractivity contribution in [2.45, 2.75) is 53.9 Å². The minimum Gasteiger partial charge on any atom is -0.457 e. The summed E-state index contributed by atoms with van der Waals surface area (Å²) in [6, 6.07) is 34.0. The lowest BCUT2D eigenvalue weighted by atomic mass is 10.2. The quantitative estimate of drug-likeness (QED) is 0.261. The van der Waals surface area contributed by atoms with Crippen LogP contribution in [0.5, 0.6) is 23.0 Å². The van der Waals surface area contributed by atoms with Crippen molar-refractivity contribution in [1.29, 1.82) is 0 Å². The Balaban J connectivity index is 0.000000583. The van der Waals surface area contributed by atoms with Crippen molar-refractivity contribution in [3.05, 3.63) is 109 Å². The molecule has 4 aromatic rings. The van der Waals surface area contributed by atoms with Crippen molar-refractivity contribution < 1.29 is 9.47 Å². The van der Waals surface area contributed by atoms with Crippen LogP contribution in [0.4, 0.5) is 11.4 Å². The topological polar surface area (TPSA) is 21.7 Å². The molecule has 0 spiro atoms. The van der Waals surface area contributed by atoms with Crippen molar-refractivity contribution in [1.82, 2.24) is 0 Å². The Bertz CT molecular complexity index is 1100. The van der Waals surface area contributed by atoms with Gasteiger partial charge in [-0.3, -0.25) is 0 Å². The molecule has 0 aliphatic heterocycles. The molecule has 0 fully saturated rings. The Morgan fingerprint density at radius 3 is 1.44 bits per heavy atom. The van der Waals surface area contributed by atoms with Crippen LogP contribution in [0.2, 0.25) is 0 Å². The molecule has 0 radical (unpaired) electrons. The Morgan fingerprint density at radius 2 is 0.972 bits per heavy atom. The summed E-state index contributed by atoms with van der Waals surface area (Å²) in [5.41, 5.74) is 3.44. The summed E-state index contributed by atoms with van der Waals surface area (Å²) < 4.78 is 11.9. The molecule has 0 N–H and O–H groups in total. The van der Waals surface area contributed by atoms with Gasteiger partial charge in [0.25, 0.3) is 0 Å². The molecule has 36 heavy (non-hydrogen) atoms. The van der Waals surface area contributed by atoms with Gasteiger partial charge in [0, 0.05) is 24.5 Å². The fourth-order valence-corrected chi connectivity index (χ4v) is 3.02. The number of hydrogen-bond donors (Lipinski definition) is 0. The summed E-state index contributed by atoms with van der Waals surface area (Å²) >= 11 is 0. The number of anilines is 2. The average molecular weight is 484 g/mol. The fraction of sp³-hybridized carbons (Fsp3) is 0.273. The zero-order valence-electron chi connectivity index (χ0n) is 22.7. The molecule has 4 rings (SSSR count). The average Bonchev–Trinajstić information content (AvgIpc) is 2.91. The number of ether oxygens (including phenoxy) is 2. The molecule has 0 saturated heterocycles. The van der Waals surface area contributed by atoms with Gasteiger partial charge in [-0.15, -0.1) is 0 Å². The summed E-state index contributed by atoms with van der Waals surface area (Å²) in [6.07, 6.45) is 3.89. The number of para-hydroxylation sites is 1. The molecule has 3 nitrogen and oxygen atoms in total. The zero-order valence-corrected chi connectivity index (χ0v) is 22.7. The lowest BCUT2D eigenvalue weighted by Crippen LogP contribution is -2.08. The lowest BCUT2D eigenvalue weighted by molar-refractivity contribution is 0.460. The first-order valence-corrected chi connectivity index (χ1v) is 12.9. The molecule has 3 heteroatoms. The molecule has 0 bridgehead atoms. The minimum absolute atomic E-state index is 0.735. The molecular weight excluding hydrogens is 442 g/mol. The number of rotatable bonds is 7. The highest BCUT2D eigenvalue weighted by molar-refractivity contribution is 5.63. The van der Waals surface area contributed by atoms with Gasteiger partial charge in [-0.25, -0.2) is 0 Å². The normalized spacial score (nSPS) is 9.72. The third kappa shape index (κ3) is 9.87. The molecule has 0 aromatic heterocycles. The monoisotopic (exact) mass is 483 g/mol. The van der Waals surface area contributed by atoms with Crippen molar-refractivity contribution >= 4 is 11.4 Å². The van der Waals surface area contributed by atoms with Crippen LogP contribution in [0.15, 0.2) is 103 Å². The second-order valence-electron chi connectivity index (χ2n) is 8.59. The first kappa shape index (κ1) is 28.5. The summed E-state index contributed by atoms with van der Waals surface area (Å²) in [5.74, 6) is 3.06. The highest BCUT2D eigenvalue weighted by Crippen LogP contribution is 2.30. The number of benzene rings is 4. The highest BCUT2D eigenvalue weighted by atomic mass is 16.5. The van der Waals surface area contributed by atoms with Crippen molar-refractivity contribution in [2.24, 2.45) is 0 Å². The second-order valence-corrected chi connectivity index (χ2v) is 8.59. The summed E-state index contributed by atoms with van der Waals surface area (Å²) in [7, 11) is 2.05. The molecule has 0 saturated carbocycles. The number of aryl methyl sites for hydroxylation is 1. The van der Waals surface area contributed by atoms with Gasteiger partial charge < -0.3 is 14.4 Å². The Hall–Kier alpha value is -3.72. The molecule has 0 heterocycles. The summed E-state index contributed by atoms with van der Waals surface area (Å²) in [6.45, 7) is 10.7.